The zero-order valence-corrected chi connectivity index (χ0v) is 9.67. The fraction of sp³-hybridized carbons (Fsp3) is 0.182. The van der Waals surface area contributed by atoms with Crippen LogP contribution < -0.4 is 10.6 Å². The summed E-state index contributed by atoms with van der Waals surface area (Å²) in [7, 11) is 0. The summed E-state index contributed by atoms with van der Waals surface area (Å²) in [4.78, 5) is 18.9. The van der Waals surface area contributed by atoms with Crippen LogP contribution in [0, 0.1) is 0 Å². The molecule has 1 unspecified atom stereocenters. The van der Waals surface area contributed by atoms with E-state index in [-0.39, 0.29) is 11.9 Å². The van der Waals surface area contributed by atoms with Gasteiger partial charge in [0.25, 0.3) is 0 Å². The van der Waals surface area contributed by atoms with E-state index in [9.17, 15) is 4.79 Å². The highest BCUT2D eigenvalue weighted by Crippen LogP contribution is 2.17. The minimum absolute atomic E-state index is 0.0757. The molecule has 0 aromatic carbocycles. The second-order valence-corrected chi connectivity index (χ2v) is 4.34. The summed E-state index contributed by atoms with van der Waals surface area (Å²) in [5, 5.41) is 6.97. The Morgan fingerprint density at radius 2 is 2.35 bits per heavy atom. The van der Waals surface area contributed by atoms with Gasteiger partial charge in [-0.2, -0.15) is 0 Å². The van der Waals surface area contributed by atoms with Crippen molar-refractivity contribution < 1.29 is 4.79 Å². The van der Waals surface area contributed by atoms with Gasteiger partial charge in [-0.1, -0.05) is 0 Å². The second-order valence-electron chi connectivity index (χ2n) is 3.93. The Morgan fingerprint density at radius 1 is 1.47 bits per heavy atom. The fourth-order valence-electron chi connectivity index (χ4n) is 2.00. The van der Waals surface area contributed by atoms with Gasteiger partial charge in [0.15, 0.2) is 5.11 Å². The minimum atomic E-state index is -0.290. The molecule has 6 heteroatoms. The van der Waals surface area contributed by atoms with Gasteiger partial charge in [-0.15, -0.1) is 0 Å². The van der Waals surface area contributed by atoms with Gasteiger partial charge in [0, 0.05) is 24.2 Å². The average Bonchev–Trinajstić information content (AvgIpc) is 2.85. The zero-order chi connectivity index (χ0) is 11.8. The molecule has 86 valence electrons. The molecule has 3 heterocycles. The van der Waals surface area contributed by atoms with Gasteiger partial charge in [0.05, 0.1) is 0 Å². The van der Waals surface area contributed by atoms with Crippen molar-refractivity contribution in [1.82, 2.24) is 20.6 Å². The lowest BCUT2D eigenvalue weighted by atomic mass is 10.1. The van der Waals surface area contributed by atoms with Gasteiger partial charge in [0.1, 0.15) is 11.7 Å². The SMILES string of the molecule is O=C1NC(=S)NC1Cc1c[nH]c2ncccc12. The van der Waals surface area contributed by atoms with E-state index in [4.69, 9.17) is 12.2 Å². The molecule has 1 saturated heterocycles. The molecule has 1 aliphatic rings. The number of hydrogen-bond donors (Lipinski definition) is 3. The third kappa shape index (κ3) is 1.76. The summed E-state index contributed by atoms with van der Waals surface area (Å²) in [5.74, 6) is -0.0757. The van der Waals surface area contributed by atoms with Gasteiger partial charge in [-0.05, 0) is 29.9 Å². The maximum atomic E-state index is 11.6. The van der Waals surface area contributed by atoms with Crippen LogP contribution in [0.4, 0.5) is 0 Å². The fourth-order valence-corrected chi connectivity index (χ4v) is 2.25. The number of thiocarbonyl (C=S) groups is 1. The molecule has 5 nitrogen and oxygen atoms in total. The molecule has 0 bridgehead atoms. The summed E-state index contributed by atoms with van der Waals surface area (Å²) in [6.45, 7) is 0. The van der Waals surface area contributed by atoms with Gasteiger partial charge in [-0.25, -0.2) is 4.98 Å². The minimum Gasteiger partial charge on any atom is -0.350 e. The number of fused-ring (bicyclic) bond motifs is 1. The molecule has 3 rings (SSSR count). The largest absolute Gasteiger partial charge is 0.350 e. The van der Waals surface area contributed by atoms with Gasteiger partial charge in [0.2, 0.25) is 5.91 Å². The Labute approximate surface area is 103 Å². The third-order valence-corrected chi connectivity index (χ3v) is 3.04. The van der Waals surface area contributed by atoms with Gasteiger partial charge >= 0.3 is 0 Å². The molecule has 1 atom stereocenters. The molecular formula is C11H10N4OS. The molecule has 0 spiro atoms. The van der Waals surface area contributed by atoms with Crippen molar-refractivity contribution in [3.05, 3.63) is 30.1 Å². The lowest BCUT2D eigenvalue weighted by Crippen LogP contribution is -2.30. The molecule has 17 heavy (non-hydrogen) atoms. The van der Waals surface area contributed by atoms with E-state index in [0.717, 1.165) is 16.6 Å². The molecule has 3 N–H and O–H groups in total. The first-order valence-corrected chi connectivity index (χ1v) is 5.67. The Balaban J connectivity index is 1.90. The Kier molecular flexibility index (Phi) is 2.29. The van der Waals surface area contributed by atoms with E-state index >= 15 is 0 Å². The number of rotatable bonds is 2. The topological polar surface area (TPSA) is 69.8 Å². The molecule has 1 amide bonds. The van der Waals surface area contributed by atoms with Crippen LogP contribution in [0.25, 0.3) is 11.0 Å². The first-order valence-electron chi connectivity index (χ1n) is 5.26. The highest BCUT2D eigenvalue weighted by Gasteiger charge is 2.27. The van der Waals surface area contributed by atoms with Crippen molar-refractivity contribution in [1.29, 1.82) is 0 Å². The first kappa shape index (κ1) is 10.2. The number of carbonyl (C=O) groups is 1. The molecule has 0 radical (unpaired) electrons. The number of pyridine rings is 1. The van der Waals surface area contributed by atoms with E-state index in [0.29, 0.717) is 11.5 Å². The zero-order valence-electron chi connectivity index (χ0n) is 8.86. The number of H-pyrrole nitrogens is 1. The number of amides is 1. The quantitative estimate of drug-likeness (QED) is 0.674. The van der Waals surface area contributed by atoms with E-state index < -0.39 is 0 Å². The highest BCUT2D eigenvalue weighted by atomic mass is 32.1. The van der Waals surface area contributed by atoms with Crippen molar-refractivity contribution in [2.75, 3.05) is 0 Å². The molecule has 1 aliphatic heterocycles. The Hall–Kier alpha value is -1.95. The molecular weight excluding hydrogens is 236 g/mol. The number of hydrogen-bond acceptors (Lipinski definition) is 3. The standard InChI is InChI=1S/C11H10N4OS/c16-10-8(14-11(17)15-10)4-6-5-13-9-7(6)2-1-3-12-9/h1-3,5,8H,4H2,(H,12,13)(H2,14,15,16,17). The average molecular weight is 246 g/mol. The first-order chi connectivity index (χ1) is 8.24. The Bertz CT molecular complexity index is 606. The molecule has 1 fully saturated rings. The number of aromatic nitrogens is 2. The predicted octanol–water partition coefficient (Wildman–Crippen LogP) is 0.478. The molecule has 2 aromatic heterocycles. The van der Waals surface area contributed by atoms with Gasteiger partial charge < -0.3 is 15.6 Å². The van der Waals surface area contributed by atoms with Crippen molar-refractivity contribution >= 4 is 34.3 Å². The molecule has 0 aliphatic carbocycles. The van der Waals surface area contributed by atoms with Crippen molar-refractivity contribution in [3.63, 3.8) is 0 Å². The highest BCUT2D eigenvalue weighted by molar-refractivity contribution is 7.80. The summed E-state index contributed by atoms with van der Waals surface area (Å²) in [6.07, 6.45) is 4.21. The van der Waals surface area contributed by atoms with E-state index in [1.165, 1.54) is 0 Å². The molecule has 2 aromatic rings. The van der Waals surface area contributed by atoms with Crippen molar-refractivity contribution in [2.24, 2.45) is 0 Å². The van der Waals surface area contributed by atoms with Crippen molar-refractivity contribution in [3.8, 4) is 0 Å². The number of carbonyl (C=O) groups excluding carboxylic acids is 1. The van der Waals surface area contributed by atoms with E-state index in [1.54, 1.807) is 6.20 Å². The number of aromatic amines is 1. The molecule has 0 saturated carbocycles. The smallest absolute Gasteiger partial charge is 0.249 e. The van der Waals surface area contributed by atoms with Crippen LogP contribution in [-0.2, 0) is 11.2 Å². The van der Waals surface area contributed by atoms with Gasteiger partial charge in [-0.3, -0.25) is 4.79 Å². The number of nitrogens with zero attached hydrogens (tertiary/aromatic N) is 1. The van der Waals surface area contributed by atoms with Crippen LogP contribution in [-0.4, -0.2) is 27.0 Å². The monoisotopic (exact) mass is 246 g/mol. The second kappa shape index (κ2) is 3.81. The normalized spacial score (nSPS) is 19.4. The summed E-state index contributed by atoms with van der Waals surface area (Å²) < 4.78 is 0. The van der Waals surface area contributed by atoms with Crippen LogP contribution in [0.5, 0.6) is 0 Å². The Morgan fingerprint density at radius 3 is 3.12 bits per heavy atom. The third-order valence-electron chi connectivity index (χ3n) is 2.82. The summed E-state index contributed by atoms with van der Waals surface area (Å²) >= 11 is 4.90. The summed E-state index contributed by atoms with van der Waals surface area (Å²) in [5.41, 5.74) is 1.90. The number of nitrogens with one attached hydrogen (secondary N) is 3. The van der Waals surface area contributed by atoms with E-state index in [1.807, 2.05) is 18.3 Å². The maximum absolute atomic E-state index is 11.6. The van der Waals surface area contributed by atoms with Crippen LogP contribution in [0.15, 0.2) is 24.5 Å². The summed E-state index contributed by atoms with van der Waals surface area (Å²) in [6, 6.07) is 3.58. The van der Waals surface area contributed by atoms with E-state index in [2.05, 4.69) is 20.6 Å². The van der Waals surface area contributed by atoms with Crippen LogP contribution >= 0.6 is 12.2 Å². The lowest BCUT2D eigenvalue weighted by Gasteiger charge is -2.05. The van der Waals surface area contributed by atoms with Crippen LogP contribution in [0.2, 0.25) is 0 Å². The predicted molar refractivity (Wildman–Crippen MR) is 67.5 cm³/mol. The van der Waals surface area contributed by atoms with Crippen LogP contribution in [0.1, 0.15) is 5.56 Å². The van der Waals surface area contributed by atoms with Crippen molar-refractivity contribution in [2.45, 2.75) is 12.5 Å². The maximum Gasteiger partial charge on any atom is 0.249 e. The lowest BCUT2D eigenvalue weighted by molar-refractivity contribution is -0.120. The van der Waals surface area contributed by atoms with Crippen LogP contribution in [0.3, 0.4) is 0 Å².